The number of hydrogen-bond acceptors (Lipinski definition) is 4. The van der Waals surface area contributed by atoms with Crippen LogP contribution in [0, 0.1) is 0 Å². The molecule has 4 nitrogen and oxygen atoms in total. The molecule has 3 unspecified atom stereocenters. The normalized spacial score (nSPS) is 52.0. The van der Waals surface area contributed by atoms with Crippen molar-refractivity contribution >= 4 is 0 Å². The Hall–Kier alpha value is -0.160. The Labute approximate surface area is 52.7 Å². The van der Waals surface area contributed by atoms with E-state index in [9.17, 15) is 0 Å². The van der Waals surface area contributed by atoms with Crippen LogP contribution in [0.25, 0.3) is 0 Å². The molecular formula is C5H10O4. The molecule has 0 aromatic rings. The van der Waals surface area contributed by atoms with Gasteiger partial charge in [-0.05, 0) is 6.92 Å². The van der Waals surface area contributed by atoms with E-state index in [4.69, 9.17) is 15.3 Å². The molecule has 4 heteroatoms. The van der Waals surface area contributed by atoms with E-state index in [-0.39, 0.29) is 0 Å². The summed E-state index contributed by atoms with van der Waals surface area (Å²) < 4.78 is 4.64. The van der Waals surface area contributed by atoms with Crippen LogP contribution in [0.4, 0.5) is 0 Å². The van der Waals surface area contributed by atoms with Gasteiger partial charge in [-0.2, -0.15) is 0 Å². The van der Waals surface area contributed by atoms with E-state index in [1.807, 2.05) is 0 Å². The van der Waals surface area contributed by atoms with Gasteiger partial charge in [0.2, 0.25) is 0 Å². The molecule has 1 rings (SSSR count). The molecule has 1 fully saturated rings. The molecule has 1 aliphatic rings. The van der Waals surface area contributed by atoms with Gasteiger partial charge in [0.15, 0.2) is 6.29 Å². The lowest BCUT2D eigenvalue weighted by Gasteiger charge is -2.07. The summed E-state index contributed by atoms with van der Waals surface area (Å²) in [6.45, 7) is 1.59. The van der Waals surface area contributed by atoms with Crippen molar-refractivity contribution in [3.05, 3.63) is 0 Å². The van der Waals surface area contributed by atoms with Crippen molar-refractivity contribution < 1.29 is 20.1 Å². The molecule has 1 heterocycles. The molecule has 0 aromatic carbocycles. The van der Waals surface area contributed by atoms with E-state index in [1.54, 1.807) is 6.92 Å². The van der Waals surface area contributed by atoms with Gasteiger partial charge >= 0.3 is 0 Å². The predicted molar refractivity (Wildman–Crippen MR) is 28.6 cm³/mol. The zero-order valence-electron chi connectivity index (χ0n) is 5.06. The first-order valence-corrected chi connectivity index (χ1v) is 2.82. The van der Waals surface area contributed by atoms with E-state index in [2.05, 4.69) is 4.74 Å². The Kier molecular flexibility index (Phi) is 1.72. The smallest absolute Gasteiger partial charge is 0.183 e. The Bertz CT molecular complexity index is 93.1. The average Bonchev–Trinajstić information content (AvgIpc) is 1.98. The minimum absolute atomic E-state index is 0.477. The zero-order chi connectivity index (χ0) is 7.02. The van der Waals surface area contributed by atoms with Gasteiger partial charge in [0, 0.05) is 0 Å². The molecule has 4 atom stereocenters. The van der Waals surface area contributed by atoms with E-state index in [0.29, 0.717) is 0 Å². The van der Waals surface area contributed by atoms with E-state index in [0.717, 1.165) is 0 Å². The second kappa shape index (κ2) is 2.22. The highest BCUT2D eigenvalue weighted by molar-refractivity contribution is 4.82. The van der Waals surface area contributed by atoms with Gasteiger partial charge in [-0.3, -0.25) is 0 Å². The van der Waals surface area contributed by atoms with Gasteiger partial charge in [-0.25, -0.2) is 0 Å². The maximum atomic E-state index is 8.90. The van der Waals surface area contributed by atoms with Gasteiger partial charge in [0.05, 0.1) is 6.10 Å². The van der Waals surface area contributed by atoms with Crippen LogP contribution in [0.3, 0.4) is 0 Å². The van der Waals surface area contributed by atoms with Crippen molar-refractivity contribution in [3.63, 3.8) is 0 Å². The molecule has 54 valence electrons. The van der Waals surface area contributed by atoms with Crippen molar-refractivity contribution in [1.82, 2.24) is 0 Å². The van der Waals surface area contributed by atoms with Crippen LogP contribution in [-0.2, 0) is 4.74 Å². The third-order valence-electron chi connectivity index (χ3n) is 1.48. The van der Waals surface area contributed by atoms with Crippen molar-refractivity contribution in [2.45, 2.75) is 31.5 Å². The highest BCUT2D eigenvalue weighted by Crippen LogP contribution is 2.18. The first-order valence-electron chi connectivity index (χ1n) is 2.82. The molecule has 3 N–H and O–H groups in total. The highest BCUT2D eigenvalue weighted by Gasteiger charge is 2.38. The summed E-state index contributed by atoms with van der Waals surface area (Å²) in [5.41, 5.74) is 0. The number of ether oxygens (including phenoxy) is 1. The Balaban J connectivity index is 2.54. The van der Waals surface area contributed by atoms with Crippen LogP contribution in [-0.4, -0.2) is 39.9 Å². The van der Waals surface area contributed by atoms with Gasteiger partial charge in [-0.15, -0.1) is 0 Å². The first-order chi connectivity index (χ1) is 4.13. The molecule has 0 amide bonds. The monoisotopic (exact) mass is 134 g/mol. The molecule has 1 saturated heterocycles. The predicted octanol–water partition coefficient (Wildman–Crippen LogP) is -1.55. The van der Waals surface area contributed by atoms with Crippen molar-refractivity contribution in [1.29, 1.82) is 0 Å². The summed E-state index contributed by atoms with van der Waals surface area (Å²) in [6, 6.07) is 0. The fourth-order valence-electron chi connectivity index (χ4n) is 0.827. The average molecular weight is 134 g/mol. The zero-order valence-corrected chi connectivity index (χ0v) is 5.06. The maximum Gasteiger partial charge on any atom is 0.183 e. The van der Waals surface area contributed by atoms with E-state index in [1.165, 1.54) is 0 Å². The molecule has 0 bridgehead atoms. The van der Waals surface area contributed by atoms with Crippen LogP contribution >= 0.6 is 0 Å². The quantitative estimate of drug-likeness (QED) is 0.375. The molecule has 1 aliphatic heterocycles. The summed E-state index contributed by atoms with van der Waals surface area (Å²) in [6.07, 6.45) is -3.81. The second-order valence-electron chi connectivity index (χ2n) is 2.21. The SMILES string of the molecule is CC1OC(O)[C@H](O)C1O. The third kappa shape index (κ3) is 1.07. The molecule has 9 heavy (non-hydrogen) atoms. The first kappa shape index (κ1) is 6.95. The molecule has 0 aliphatic carbocycles. The Morgan fingerprint density at radius 3 is 1.78 bits per heavy atom. The number of hydrogen-bond donors (Lipinski definition) is 3. The topological polar surface area (TPSA) is 69.9 Å². The van der Waals surface area contributed by atoms with Crippen molar-refractivity contribution in [2.24, 2.45) is 0 Å². The van der Waals surface area contributed by atoms with Crippen LogP contribution in [0.2, 0.25) is 0 Å². The van der Waals surface area contributed by atoms with Gasteiger partial charge < -0.3 is 20.1 Å². The largest absolute Gasteiger partial charge is 0.388 e. The molecular weight excluding hydrogens is 124 g/mol. The standard InChI is InChI=1S/C5H10O4/c1-2-3(6)4(7)5(8)9-2/h2-8H,1H3/t2?,3?,4-,5?/m1/s1. The fraction of sp³-hybridized carbons (Fsp3) is 1.00. The summed E-state index contributed by atoms with van der Waals surface area (Å²) in [4.78, 5) is 0. The third-order valence-corrected chi connectivity index (χ3v) is 1.48. The maximum absolute atomic E-state index is 8.90. The lowest BCUT2D eigenvalue weighted by atomic mass is 10.2. The van der Waals surface area contributed by atoms with E-state index < -0.39 is 24.6 Å². The number of rotatable bonds is 0. The van der Waals surface area contributed by atoms with Gasteiger partial charge in [-0.1, -0.05) is 0 Å². The minimum atomic E-state index is -1.23. The van der Waals surface area contributed by atoms with Gasteiger partial charge in [0.25, 0.3) is 0 Å². The Morgan fingerprint density at radius 1 is 1.11 bits per heavy atom. The van der Waals surface area contributed by atoms with Crippen LogP contribution in [0.1, 0.15) is 6.92 Å². The molecule has 0 spiro atoms. The summed E-state index contributed by atoms with van der Waals surface area (Å²) >= 11 is 0. The lowest BCUT2D eigenvalue weighted by Crippen LogP contribution is -2.31. The van der Waals surface area contributed by atoms with E-state index >= 15 is 0 Å². The lowest BCUT2D eigenvalue weighted by molar-refractivity contribution is -0.124. The van der Waals surface area contributed by atoms with Crippen molar-refractivity contribution in [3.8, 4) is 0 Å². The fourth-order valence-corrected chi connectivity index (χ4v) is 0.827. The molecule has 0 saturated carbocycles. The summed E-state index contributed by atoms with van der Waals surface area (Å²) in [5, 5.41) is 26.4. The highest BCUT2D eigenvalue weighted by atomic mass is 16.6. The van der Waals surface area contributed by atoms with Crippen LogP contribution in [0.5, 0.6) is 0 Å². The number of aliphatic hydroxyl groups excluding tert-OH is 3. The molecule has 0 aromatic heterocycles. The van der Waals surface area contributed by atoms with Crippen molar-refractivity contribution in [2.75, 3.05) is 0 Å². The molecule has 0 radical (unpaired) electrons. The summed E-state index contributed by atoms with van der Waals surface area (Å²) in [7, 11) is 0. The van der Waals surface area contributed by atoms with Gasteiger partial charge in [0.1, 0.15) is 12.2 Å². The van der Waals surface area contributed by atoms with Crippen LogP contribution in [0.15, 0.2) is 0 Å². The summed E-state index contributed by atoms with van der Waals surface area (Å²) in [5.74, 6) is 0. The second-order valence-corrected chi connectivity index (χ2v) is 2.21. The van der Waals surface area contributed by atoms with Crippen LogP contribution < -0.4 is 0 Å². The number of aliphatic hydroxyl groups is 3. The minimum Gasteiger partial charge on any atom is -0.388 e. The Morgan fingerprint density at radius 2 is 1.67 bits per heavy atom.